The number of carbonyl (C=O) groups is 2. The van der Waals surface area contributed by atoms with Gasteiger partial charge >= 0.3 is 6.09 Å². The highest BCUT2D eigenvalue weighted by molar-refractivity contribution is 7.84. The van der Waals surface area contributed by atoms with E-state index >= 15 is 0 Å². The molecule has 31 heavy (non-hydrogen) atoms. The first-order chi connectivity index (χ1) is 14.9. The number of aromatic nitrogens is 1. The van der Waals surface area contributed by atoms with Crippen molar-refractivity contribution in [2.45, 2.75) is 19.6 Å². The summed E-state index contributed by atoms with van der Waals surface area (Å²) in [6.07, 6.45) is -0.368. The van der Waals surface area contributed by atoms with Gasteiger partial charge in [-0.25, -0.2) is 9.78 Å². The Kier molecular flexibility index (Phi) is 7.67. The standard InChI is InChI=1S/C21H27N3O6S/c1-4-29-21(26)24-11-9-23(10-12-24)19(25)14-31(27)13-18-15(2)30-20(22-18)16-5-7-17(28-3)8-6-16/h5-8H,4,9-14H2,1-3H3. The first-order valence-corrected chi connectivity index (χ1v) is 11.5. The van der Waals surface area contributed by atoms with Gasteiger partial charge in [0.15, 0.2) is 0 Å². The van der Waals surface area contributed by atoms with Crippen molar-refractivity contribution in [2.75, 3.05) is 45.6 Å². The van der Waals surface area contributed by atoms with E-state index in [1.807, 2.05) is 24.3 Å². The van der Waals surface area contributed by atoms with E-state index in [0.717, 1.165) is 11.3 Å². The second-order valence-electron chi connectivity index (χ2n) is 7.05. The maximum absolute atomic E-state index is 12.6. The van der Waals surface area contributed by atoms with Crippen molar-refractivity contribution in [3.05, 3.63) is 35.7 Å². The Morgan fingerprint density at radius 1 is 1.13 bits per heavy atom. The molecule has 0 saturated carbocycles. The lowest BCUT2D eigenvalue weighted by molar-refractivity contribution is -0.129. The van der Waals surface area contributed by atoms with Gasteiger partial charge in [0.25, 0.3) is 0 Å². The molecule has 1 saturated heterocycles. The molecule has 1 aromatic carbocycles. The van der Waals surface area contributed by atoms with Gasteiger partial charge < -0.3 is 23.7 Å². The van der Waals surface area contributed by atoms with Crippen LogP contribution in [0.25, 0.3) is 11.5 Å². The molecule has 2 amide bonds. The highest BCUT2D eigenvalue weighted by Crippen LogP contribution is 2.24. The maximum Gasteiger partial charge on any atom is 0.409 e. The number of hydrogen-bond acceptors (Lipinski definition) is 7. The molecule has 1 aromatic heterocycles. The highest BCUT2D eigenvalue weighted by atomic mass is 32.2. The predicted molar refractivity (Wildman–Crippen MR) is 115 cm³/mol. The number of amides is 2. The van der Waals surface area contributed by atoms with Crippen LogP contribution in [0.1, 0.15) is 18.4 Å². The van der Waals surface area contributed by atoms with Crippen LogP contribution in [0.15, 0.2) is 28.7 Å². The molecular formula is C21H27N3O6S. The van der Waals surface area contributed by atoms with Crippen molar-refractivity contribution in [1.82, 2.24) is 14.8 Å². The lowest BCUT2D eigenvalue weighted by Crippen LogP contribution is -2.51. The number of ether oxygens (including phenoxy) is 2. The Morgan fingerprint density at radius 2 is 1.77 bits per heavy atom. The average Bonchev–Trinajstić information content (AvgIpc) is 3.14. The minimum Gasteiger partial charge on any atom is -0.497 e. The molecule has 0 N–H and O–H groups in total. The summed E-state index contributed by atoms with van der Waals surface area (Å²) < 4.78 is 28.4. The molecule has 0 radical (unpaired) electrons. The molecule has 1 aliphatic rings. The topological polar surface area (TPSA) is 102 Å². The number of rotatable bonds is 7. The van der Waals surface area contributed by atoms with E-state index in [1.54, 1.807) is 30.8 Å². The van der Waals surface area contributed by atoms with Gasteiger partial charge in [0.1, 0.15) is 17.3 Å². The van der Waals surface area contributed by atoms with Crippen molar-refractivity contribution in [2.24, 2.45) is 0 Å². The number of methoxy groups -OCH3 is 1. The fourth-order valence-electron chi connectivity index (χ4n) is 3.20. The van der Waals surface area contributed by atoms with E-state index in [-0.39, 0.29) is 23.5 Å². The summed E-state index contributed by atoms with van der Waals surface area (Å²) in [5, 5.41) is 0. The van der Waals surface area contributed by atoms with Crippen LogP contribution in [0.3, 0.4) is 0 Å². The molecule has 1 fully saturated rings. The third kappa shape index (κ3) is 5.84. The van der Waals surface area contributed by atoms with Crippen LogP contribution in [0.4, 0.5) is 4.79 Å². The highest BCUT2D eigenvalue weighted by Gasteiger charge is 2.26. The van der Waals surface area contributed by atoms with Gasteiger partial charge in [0, 0.05) is 42.5 Å². The summed E-state index contributed by atoms with van der Waals surface area (Å²) in [7, 11) is 0.176. The average molecular weight is 450 g/mol. The number of aryl methyl sites for hydroxylation is 1. The zero-order valence-electron chi connectivity index (χ0n) is 18.0. The number of piperazine rings is 1. The summed E-state index contributed by atoms with van der Waals surface area (Å²) in [5.74, 6) is 1.60. The Balaban J connectivity index is 1.53. The molecule has 1 atom stereocenters. The smallest absolute Gasteiger partial charge is 0.409 e. The molecule has 9 nitrogen and oxygen atoms in total. The maximum atomic E-state index is 12.6. The third-order valence-electron chi connectivity index (χ3n) is 4.97. The largest absolute Gasteiger partial charge is 0.497 e. The summed E-state index contributed by atoms with van der Waals surface area (Å²) in [6.45, 7) is 5.46. The lowest BCUT2D eigenvalue weighted by atomic mass is 10.2. The quantitative estimate of drug-likeness (QED) is 0.639. The second-order valence-corrected chi connectivity index (χ2v) is 8.50. The lowest BCUT2D eigenvalue weighted by Gasteiger charge is -2.34. The first-order valence-electron chi connectivity index (χ1n) is 10.1. The molecule has 1 unspecified atom stereocenters. The van der Waals surface area contributed by atoms with Gasteiger partial charge in [-0.15, -0.1) is 0 Å². The number of benzene rings is 1. The molecule has 0 spiro atoms. The minimum absolute atomic E-state index is 0.0937. The van der Waals surface area contributed by atoms with E-state index in [4.69, 9.17) is 13.9 Å². The van der Waals surface area contributed by atoms with E-state index in [1.165, 1.54) is 0 Å². The van der Waals surface area contributed by atoms with Crippen LogP contribution < -0.4 is 4.74 Å². The minimum atomic E-state index is -1.42. The van der Waals surface area contributed by atoms with Gasteiger partial charge in [-0.1, -0.05) is 0 Å². The number of oxazole rings is 1. The number of hydrogen-bond donors (Lipinski definition) is 0. The molecule has 1 aliphatic heterocycles. The molecule has 168 valence electrons. The Labute approximate surface area is 183 Å². The normalized spacial score (nSPS) is 14.9. The summed E-state index contributed by atoms with van der Waals surface area (Å²) >= 11 is 0. The summed E-state index contributed by atoms with van der Waals surface area (Å²) in [5.41, 5.74) is 1.36. The van der Waals surface area contributed by atoms with Gasteiger partial charge in [-0.05, 0) is 38.1 Å². The molecule has 10 heteroatoms. The van der Waals surface area contributed by atoms with E-state index in [2.05, 4.69) is 4.98 Å². The van der Waals surface area contributed by atoms with Gasteiger partial charge in [0.05, 0.1) is 25.2 Å². The van der Waals surface area contributed by atoms with E-state index in [9.17, 15) is 13.8 Å². The van der Waals surface area contributed by atoms with Crippen LogP contribution in [0, 0.1) is 6.92 Å². The van der Waals surface area contributed by atoms with E-state index < -0.39 is 10.8 Å². The van der Waals surface area contributed by atoms with Crippen molar-refractivity contribution in [3.63, 3.8) is 0 Å². The van der Waals surface area contributed by atoms with Crippen molar-refractivity contribution in [3.8, 4) is 17.2 Å². The Hall–Kier alpha value is -2.88. The summed E-state index contributed by atoms with van der Waals surface area (Å²) in [4.78, 5) is 31.9. The SMILES string of the molecule is CCOC(=O)N1CCN(C(=O)CS(=O)Cc2nc(-c3ccc(OC)cc3)oc2C)CC1. The van der Waals surface area contributed by atoms with Gasteiger partial charge in [0.2, 0.25) is 11.8 Å². The molecule has 0 aliphatic carbocycles. The van der Waals surface area contributed by atoms with Crippen molar-refractivity contribution < 1.29 is 27.7 Å². The first kappa shape index (κ1) is 22.8. The third-order valence-corrected chi connectivity index (χ3v) is 6.13. The Morgan fingerprint density at radius 3 is 2.39 bits per heavy atom. The van der Waals surface area contributed by atoms with Crippen molar-refractivity contribution in [1.29, 1.82) is 0 Å². The van der Waals surface area contributed by atoms with Crippen LogP contribution in [-0.2, 0) is 26.1 Å². The molecule has 3 rings (SSSR count). The number of nitrogens with zero attached hydrogens (tertiary/aromatic N) is 3. The van der Waals surface area contributed by atoms with Crippen LogP contribution >= 0.6 is 0 Å². The number of carbonyl (C=O) groups excluding carboxylic acids is 2. The molecular weight excluding hydrogens is 422 g/mol. The van der Waals surface area contributed by atoms with Crippen LogP contribution in [0.5, 0.6) is 5.75 Å². The van der Waals surface area contributed by atoms with Crippen LogP contribution in [-0.4, -0.2) is 76.6 Å². The monoisotopic (exact) mass is 449 g/mol. The Bertz CT molecular complexity index is 935. The summed E-state index contributed by atoms with van der Waals surface area (Å²) in [6, 6.07) is 7.30. The zero-order valence-corrected chi connectivity index (χ0v) is 18.8. The predicted octanol–water partition coefficient (Wildman–Crippen LogP) is 2.21. The molecule has 2 aromatic rings. The van der Waals surface area contributed by atoms with Crippen molar-refractivity contribution >= 4 is 22.8 Å². The fourth-order valence-corrected chi connectivity index (χ4v) is 4.34. The van der Waals surface area contributed by atoms with Gasteiger partial charge in [-0.3, -0.25) is 9.00 Å². The molecule has 2 heterocycles. The molecule has 0 bridgehead atoms. The van der Waals surface area contributed by atoms with Crippen LogP contribution in [0.2, 0.25) is 0 Å². The fraction of sp³-hybridized carbons (Fsp3) is 0.476. The zero-order chi connectivity index (χ0) is 22.4. The van der Waals surface area contributed by atoms with Gasteiger partial charge in [-0.2, -0.15) is 0 Å². The van der Waals surface area contributed by atoms with E-state index in [0.29, 0.717) is 50.1 Å². The second kappa shape index (κ2) is 10.4.